The van der Waals surface area contributed by atoms with Crippen molar-refractivity contribution in [2.45, 2.75) is 108 Å². The second-order valence-electron chi connectivity index (χ2n) is 6.08. The highest BCUT2D eigenvalue weighted by atomic mass is 16.3. The van der Waals surface area contributed by atoms with E-state index in [4.69, 9.17) is 0 Å². The standard InChI is InChI=1S/C21H35NO.3C2H6/c1-9-12-21(23)19(16(6)10-2)14-17(7)18(11-3)20(22-8)13-15(4)5;3*1-2/h11,13-14,21-23H,4,9-10,12H2,1-3,5-8H3;3*1-2H3/b17-14-,18-11+,19-16?,20-13-;;;. The fraction of sp³-hybridized carbons (Fsp3) is 0.630. The Morgan fingerprint density at radius 3 is 1.76 bits per heavy atom. The molecule has 0 aliphatic rings. The molecular weight excluding hydrogens is 354 g/mol. The topological polar surface area (TPSA) is 32.3 Å². The van der Waals surface area contributed by atoms with Crippen LogP contribution in [0.5, 0.6) is 0 Å². The first kappa shape index (κ1) is 34.9. The summed E-state index contributed by atoms with van der Waals surface area (Å²) in [4.78, 5) is 0. The Morgan fingerprint density at radius 1 is 0.966 bits per heavy atom. The number of hydrogen-bond acceptors (Lipinski definition) is 2. The summed E-state index contributed by atoms with van der Waals surface area (Å²) in [6, 6.07) is 0. The van der Waals surface area contributed by atoms with Crippen molar-refractivity contribution < 1.29 is 5.11 Å². The molecule has 0 saturated heterocycles. The van der Waals surface area contributed by atoms with E-state index in [9.17, 15) is 5.11 Å². The Balaban J connectivity index is -0.000000472. The Hall–Kier alpha value is -1.54. The molecule has 29 heavy (non-hydrogen) atoms. The van der Waals surface area contributed by atoms with Crippen LogP contribution in [0.3, 0.4) is 0 Å². The van der Waals surface area contributed by atoms with Crippen LogP contribution in [0.4, 0.5) is 0 Å². The zero-order chi connectivity index (χ0) is 24.0. The second-order valence-corrected chi connectivity index (χ2v) is 6.08. The number of hydrogen-bond donors (Lipinski definition) is 2. The van der Waals surface area contributed by atoms with Crippen LogP contribution in [0.2, 0.25) is 0 Å². The highest BCUT2D eigenvalue weighted by Crippen LogP contribution is 2.24. The van der Waals surface area contributed by atoms with Gasteiger partial charge in [0.1, 0.15) is 0 Å². The highest BCUT2D eigenvalue weighted by molar-refractivity contribution is 5.49. The predicted octanol–water partition coefficient (Wildman–Crippen LogP) is 8.52. The summed E-state index contributed by atoms with van der Waals surface area (Å²) in [5, 5.41) is 13.7. The molecule has 2 N–H and O–H groups in total. The van der Waals surface area contributed by atoms with E-state index in [1.165, 1.54) is 5.57 Å². The third kappa shape index (κ3) is 16.0. The molecule has 0 aromatic carbocycles. The van der Waals surface area contributed by atoms with Gasteiger partial charge in [-0.2, -0.15) is 0 Å². The SMILES string of the molecule is C=C(C)/C=C(NC)/C(=C/C)C(/C)=C\C(=C(C)CC)C(O)CCC.CC.CC.CC. The minimum atomic E-state index is -0.392. The van der Waals surface area contributed by atoms with E-state index in [1.54, 1.807) is 0 Å². The molecular formula is C27H53NO. The van der Waals surface area contributed by atoms with Crippen LogP contribution in [0.25, 0.3) is 0 Å². The predicted molar refractivity (Wildman–Crippen MR) is 137 cm³/mol. The molecule has 0 heterocycles. The van der Waals surface area contributed by atoms with Crippen LogP contribution < -0.4 is 5.32 Å². The van der Waals surface area contributed by atoms with E-state index >= 15 is 0 Å². The van der Waals surface area contributed by atoms with Crippen molar-refractivity contribution in [3.8, 4) is 0 Å². The lowest BCUT2D eigenvalue weighted by atomic mass is 9.93. The molecule has 2 heteroatoms. The molecule has 0 aromatic rings. The Labute approximate surface area is 184 Å². The molecule has 1 atom stereocenters. The molecule has 0 aliphatic heterocycles. The lowest BCUT2D eigenvalue weighted by molar-refractivity contribution is 0.201. The normalized spacial score (nSPS) is 13.4. The number of allylic oxidation sites excluding steroid dienone is 5. The fourth-order valence-electron chi connectivity index (χ4n) is 2.57. The number of rotatable bonds is 9. The van der Waals surface area contributed by atoms with Crippen molar-refractivity contribution in [2.75, 3.05) is 7.05 Å². The van der Waals surface area contributed by atoms with E-state index < -0.39 is 6.10 Å². The third-order valence-corrected chi connectivity index (χ3v) is 3.98. The smallest absolute Gasteiger partial charge is 0.0789 e. The minimum Gasteiger partial charge on any atom is -0.388 e. The van der Waals surface area contributed by atoms with Crippen LogP contribution in [0.15, 0.2) is 58.4 Å². The summed E-state index contributed by atoms with van der Waals surface area (Å²) >= 11 is 0. The molecule has 0 rings (SSSR count). The minimum absolute atomic E-state index is 0.392. The van der Waals surface area contributed by atoms with E-state index in [0.717, 1.165) is 47.3 Å². The summed E-state index contributed by atoms with van der Waals surface area (Å²) < 4.78 is 0. The molecule has 0 bridgehead atoms. The van der Waals surface area contributed by atoms with E-state index in [2.05, 4.69) is 51.7 Å². The summed E-state index contributed by atoms with van der Waals surface area (Å²) in [6.07, 6.45) is 8.61. The molecule has 1 unspecified atom stereocenters. The van der Waals surface area contributed by atoms with Crippen LogP contribution in [0, 0.1) is 0 Å². The molecule has 0 aromatic heterocycles. The maximum atomic E-state index is 10.5. The first-order valence-corrected chi connectivity index (χ1v) is 11.6. The summed E-state index contributed by atoms with van der Waals surface area (Å²) in [5.74, 6) is 0. The summed E-state index contributed by atoms with van der Waals surface area (Å²) in [7, 11) is 1.92. The molecule has 0 aliphatic carbocycles. The van der Waals surface area contributed by atoms with Gasteiger partial charge in [0, 0.05) is 12.7 Å². The molecule has 172 valence electrons. The van der Waals surface area contributed by atoms with Gasteiger partial charge in [-0.3, -0.25) is 0 Å². The number of likely N-dealkylation sites (N-methyl/N-ethyl adjacent to an activating group) is 1. The molecule has 0 spiro atoms. The van der Waals surface area contributed by atoms with Crippen LogP contribution in [-0.4, -0.2) is 18.3 Å². The highest BCUT2D eigenvalue weighted by Gasteiger charge is 2.13. The van der Waals surface area contributed by atoms with Gasteiger partial charge < -0.3 is 10.4 Å². The first-order chi connectivity index (χ1) is 13.8. The van der Waals surface area contributed by atoms with Crippen molar-refractivity contribution in [3.05, 3.63) is 58.4 Å². The third-order valence-electron chi connectivity index (χ3n) is 3.98. The molecule has 0 amide bonds. The monoisotopic (exact) mass is 407 g/mol. The molecule has 0 saturated carbocycles. The van der Waals surface area contributed by atoms with Gasteiger partial charge in [0.25, 0.3) is 0 Å². The van der Waals surface area contributed by atoms with Gasteiger partial charge in [-0.05, 0) is 63.3 Å². The van der Waals surface area contributed by atoms with Crippen molar-refractivity contribution >= 4 is 0 Å². The molecule has 0 fully saturated rings. The van der Waals surface area contributed by atoms with Crippen LogP contribution >= 0.6 is 0 Å². The van der Waals surface area contributed by atoms with Gasteiger partial charge in [0.05, 0.1) is 6.10 Å². The number of nitrogens with one attached hydrogen (secondary N) is 1. The summed E-state index contributed by atoms with van der Waals surface area (Å²) in [6.45, 7) is 28.4. The zero-order valence-corrected chi connectivity index (χ0v) is 22.1. The van der Waals surface area contributed by atoms with Crippen molar-refractivity contribution in [1.82, 2.24) is 5.32 Å². The summed E-state index contributed by atoms with van der Waals surface area (Å²) in [5.41, 5.74) is 6.64. The van der Waals surface area contributed by atoms with Crippen LogP contribution in [-0.2, 0) is 0 Å². The van der Waals surface area contributed by atoms with Crippen LogP contribution in [0.1, 0.15) is 102 Å². The lowest BCUT2D eigenvalue weighted by Gasteiger charge is -2.18. The van der Waals surface area contributed by atoms with Gasteiger partial charge in [-0.15, -0.1) is 0 Å². The van der Waals surface area contributed by atoms with Crippen molar-refractivity contribution in [3.63, 3.8) is 0 Å². The van der Waals surface area contributed by atoms with E-state index in [-0.39, 0.29) is 0 Å². The Morgan fingerprint density at radius 2 is 1.45 bits per heavy atom. The molecule has 0 radical (unpaired) electrons. The van der Waals surface area contributed by atoms with Gasteiger partial charge in [-0.1, -0.05) is 91.7 Å². The maximum Gasteiger partial charge on any atom is 0.0789 e. The fourth-order valence-corrected chi connectivity index (χ4v) is 2.57. The Kier molecular flexibility index (Phi) is 29.5. The number of aliphatic hydroxyl groups excluding tert-OH is 1. The average molecular weight is 408 g/mol. The van der Waals surface area contributed by atoms with Crippen molar-refractivity contribution in [2.24, 2.45) is 0 Å². The van der Waals surface area contributed by atoms with Gasteiger partial charge in [0.15, 0.2) is 0 Å². The first-order valence-electron chi connectivity index (χ1n) is 11.6. The lowest BCUT2D eigenvalue weighted by Crippen LogP contribution is -2.13. The van der Waals surface area contributed by atoms with Crippen molar-refractivity contribution in [1.29, 1.82) is 0 Å². The van der Waals surface area contributed by atoms with Gasteiger partial charge >= 0.3 is 0 Å². The second kappa shape index (κ2) is 24.5. The Bertz CT molecular complexity index is 519. The average Bonchev–Trinajstić information content (AvgIpc) is 2.75. The van der Waals surface area contributed by atoms with E-state index in [1.807, 2.05) is 68.5 Å². The largest absolute Gasteiger partial charge is 0.388 e. The zero-order valence-electron chi connectivity index (χ0n) is 22.1. The van der Waals surface area contributed by atoms with E-state index in [0.29, 0.717) is 0 Å². The quantitative estimate of drug-likeness (QED) is 0.375. The maximum absolute atomic E-state index is 10.5. The van der Waals surface area contributed by atoms with Gasteiger partial charge in [-0.25, -0.2) is 0 Å². The number of aliphatic hydroxyl groups is 1. The van der Waals surface area contributed by atoms with Gasteiger partial charge in [0.2, 0.25) is 0 Å². The molecule has 2 nitrogen and oxygen atoms in total.